The van der Waals surface area contributed by atoms with Crippen molar-refractivity contribution in [3.63, 3.8) is 0 Å². The highest BCUT2D eigenvalue weighted by atomic mass is 19.1. The second kappa shape index (κ2) is 19.0. The Hall–Kier alpha value is -6.30. The molecule has 5 N–H and O–H groups in total. The number of hydrogen-bond acceptors (Lipinski definition) is 11. The molecule has 5 heterocycles. The molecule has 2 fully saturated rings. The van der Waals surface area contributed by atoms with E-state index >= 15 is 4.39 Å². The fourth-order valence-corrected chi connectivity index (χ4v) is 8.10. The molecule has 2 aliphatic heterocycles. The number of aromatic nitrogens is 4. The van der Waals surface area contributed by atoms with Gasteiger partial charge in [0.05, 0.1) is 54.8 Å². The third kappa shape index (κ3) is 9.53. The minimum absolute atomic E-state index is 0.0826. The van der Waals surface area contributed by atoms with Gasteiger partial charge in [-0.3, -0.25) is 14.4 Å². The predicted octanol–water partition coefficient (Wildman–Crippen LogP) is 5.50. The van der Waals surface area contributed by atoms with E-state index in [1.165, 1.54) is 32.5 Å². The van der Waals surface area contributed by atoms with E-state index in [-0.39, 0.29) is 51.6 Å². The average Bonchev–Trinajstić information content (AvgIpc) is 4.06. The van der Waals surface area contributed by atoms with Crippen LogP contribution in [0, 0.1) is 17.7 Å². The van der Waals surface area contributed by atoms with Crippen molar-refractivity contribution in [2.45, 2.75) is 76.9 Å². The number of nitrogens with one attached hydrogen (secondary N) is 5. The Kier molecular flexibility index (Phi) is 13.3. The van der Waals surface area contributed by atoms with E-state index in [2.05, 4.69) is 40.6 Å². The summed E-state index contributed by atoms with van der Waals surface area (Å²) >= 11 is 0. The smallest absolute Gasteiger partial charge is 0.407 e. The lowest BCUT2D eigenvalue weighted by molar-refractivity contribution is -0.136. The lowest BCUT2D eigenvalue weighted by Gasteiger charge is -2.34. The standard InChI is InChI=1S/C43H51FN8O9/c1-23(2)36(50-42(56)58-3)40(54)45-14-6-5-9-35-46-22-31(48-35)26-20-34-28(19-29(26)44)38(53)27-18-25(10-11-33(27)61-34)30-21-47-39(49-30)32-8-7-15-52(32)41(55)37(51-43(57)59-4)24-12-16-60-17-13-24/h10-11,18-24,32,36-37H,5-9,12-17H2,1-4H3,(H,45,54)(H,46,48)(H,47,49)(H,50,56)(H,51,57)/t32-,36-,37-/m0/s1. The first kappa shape index (κ1) is 42.8. The molecule has 61 heavy (non-hydrogen) atoms. The van der Waals surface area contributed by atoms with Gasteiger partial charge in [0.2, 0.25) is 17.2 Å². The largest absolute Gasteiger partial charge is 0.456 e. The number of benzene rings is 2. The summed E-state index contributed by atoms with van der Waals surface area (Å²) in [6.07, 6.45) is 6.44. The quantitative estimate of drug-likeness (QED) is 0.0694. The summed E-state index contributed by atoms with van der Waals surface area (Å²) in [5, 5.41) is 8.49. The molecule has 0 bridgehead atoms. The van der Waals surface area contributed by atoms with Crippen LogP contribution >= 0.6 is 0 Å². The fraction of sp³-hybridized carbons (Fsp3) is 0.465. The monoisotopic (exact) mass is 842 g/mol. The maximum atomic E-state index is 15.7. The highest BCUT2D eigenvalue weighted by Crippen LogP contribution is 2.35. The summed E-state index contributed by atoms with van der Waals surface area (Å²) < 4.78 is 36.8. The van der Waals surface area contributed by atoms with Crippen molar-refractivity contribution in [2.24, 2.45) is 11.8 Å². The number of unbranched alkanes of at least 4 members (excludes halogenated alkanes) is 1. The molecule has 0 unspecified atom stereocenters. The first-order valence-electron chi connectivity index (χ1n) is 20.6. The molecule has 17 nitrogen and oxygen atoms in total. The molecule has 18 heteroatoms. The minimum atomic E-state index is -0.757. The third-order valence-electron chi connectivity index (χ3n) is 11.4. The number of halogens is 1. The lowest BCUT2D eigenvalue weighted by Crippen LogP contribution is -2.53. The number of likely N-dealkylation sites (tertiary alicyclic amines) is 1. The Morgan fingerprint density at radius 2 is 1.66 bits per heavy atom. The first-order valence-corrected chi connectivity index (χ1v) is 20.6. The molecule has 0 aliphatic carbocycles. The van der Waals surface area contributed by atoms with E-state index in [9.17, 15) is 24.0 Å². The number of ether oxygens (including phenoxy) is 3. The first-order chi connectivity index (χ1) is 29.4. The molecule has 3 atom stereocenters. The normalized spacial score (nSPS) is 16.8. The van der Waals surface area contributed by atoms with E-state index in [1.807, 2.05) is 13.8 Å². The topological polar surface area (TPSA) is 223 Å². The van der Waals surface area contributed by atoms with Crippen molar-refractivity contribution in [3.05, 3.63) is 70.4 Å². The number of aromatic amines is 2. The van der Waals surface area contributed by atoms with Gasteiger partial charge in [-0.25, -0.2) is 23.9 Å². The molecule has 4 amide bonds. The fourth-order valence-electron chi connectivity index (χ4n) is 8.10. The summed E-state index contributed by atoms with van der Waals surface area (Å²) in [6, 6.07) is 6.01. The summed E-state index contributed by atoms with van der Waals surface area (Å²) in [7, 11) is 2.51. The molecule has 2 saturated heterocycles. The molecule has 324 valence electrons. The molecule has 7 rings (SSSR count). The summed E-state index contributed by atoms with van der Waals surface area (Å²) in [6.45, 7) is 5.58. The van der Waals surface area contributed by atoms with Crippen molar-refractivity contribution in [2.75, 3.05) is 40.5 Å². The number of imidazole rings is 2. The van der Waals surface area contributed by atoms with Gasteiger partial charge in [0.15, 0.2) is 0 Å². The van der Waals surface area contributed by atoms with Gasteiger partial charge in [0, 0.05) is 43.9 Å². The van der Waals surface area contributed by atoms with E-state index in [0.717, 1.165) is 6.42 Å². The van der Waals surface area contributed by atoms with Crippen molar-refractivity contribution >= 4 is 45.9 Å². The number of fused-ring (bicyclic) bond motifs is 2. The van der Waals surface area contributed by atoms with Gasteiger partial charge >= 0.3 is 12.2 Å². The second-order valence-corrected chi connectivity index (χ2v) is 15.8. The van der Waals surface area contributed by atoms with Crippen molar-refractivity contribution in [1.82, 2.24) is 40.8 Å². The van der Waals surface area contributed by atoms with Crippen LogP contribution in [0.5, 0.6) is 0 Å². The number of carbonyl (C=O) groups excluding carboxylic acids is 4. The number of rotatable bonds is 14. The number of amides is 4. The molecule has 5 aromatic rings. The maximum Gasteiger partial charge on any atom is 0.407 e. The highest BCUT2D eigenvalue weighted by Gasteiger charge is 2.40. The van der Waals surface area contributed by atoms with Crippen molar-refractivity contribution in [3.8, 4) is 22.5 Å². The zero-order valence-electron chi connectivity index (χ0n) is 34.6. The number of hydrogen-bond donors (Lipinski definition) is 5. The molecule has 0 spiro atoms. The van der Waals surface area contributed by atoms with Crippen LogP contribution in [0.2, 0.25) is 0 Å². The molecular formula is C43H51FN8O9. The Labute approximate surface area is 350 Å². The second-order valence-electron chi connectivity index (χ2n) is 15.8. The Morgan fingerprint density at radius 1 is 0.918 bits per heavy atom. The number of nitrogens with zero attached hydrogens (tertiary/aromatic N) is 3. The molecular weight excluding hydrogens is 792 g/mol. The number of H-pyrrole nitrogens is 2. The van der Waals surface area contributed by atoms with Crippen LogP contribution in [0.3, 0.4) is 0 Å². The van der Waals surface area contributed by atoms with Gasteiger partial charge in [0.1, 0.15) is 40.7 Å². The van der Waals surface area contributed by atoms with Gasteiger partial charge < -0.3 is 49.4 Å². The number of carbonyl (C=O) groups is 4. The van der Waals surface area contributed by atoms with Crippen LogP contribution in [0.1, 0.15) is 70.1 Å². The molecule has 0 saturated carbocycles. The highest BCUT2D eigenvalue weighted by molar-refractivity contribution is 5.93. The van der Waals surface area contributed by atoms with E-state index < -0.39 is 35.5 Å². The van der Waals surface area contributed by atoms with Gasteiger partial charge in [0.25, 0.3) is 0 Å². The molecule has 2 aliphatic rings. The van der Waals surface area contributed by atoms with Gasteiger partial charge in [-0.05, 0) is 80.7 Å². The van der Waals surface area contributed by atoms with Crippen LogP contribution in [0.25, 0.3) is 44.5 Å². The number of methoxy groups -OCH3 is 2. The molecule has 2 aromatic carbocycles. The Morgan fingerprint density at radius 3 is 2.41 bits per heavy atom. The predicted molar refractivity (Wildman–Crippen MR) is 222 cm³/mol. The van der Waals surface area contributed by atoms with E-state index in [1.54, 1.807) is 29.3 Å². The zero-order chi connectivity index (χ0) is 43.2. The summed E-state index contributed by atoms with van der Waals surface area (Å²) in [4.78, 5) is 81.6. The van der Waals surface area contributed by atoms with Crippen molar-refractivity contribution in [1.29, 1.82) is 0 Å². The van der Waals surface area contributed by atoms with E-state index in [4.69, 9.17) is 13.9 Å². The van der Waals surface area contributed by atoms with Gasteiger partial charge in [-0.1, -0.05) is 13.8 Å². The lowest BCUT2D eigenvalue weighted by atomic mass is 9.90. The zero-order valence-corrected chi connectivity index (χ0v) is 34.6. The van der Waals surface area contributed by atoms with Crippen LogP contribution in [-0.2, 0) is 30.2 Å². The third-order valence-corrected chi connectivity index (χ3v) is 11.4. The summed E-state index contributed by atoms with van der Waals surface area (Å²) in [5.74, 6) is -0.118. The Balaban J connectivity index is 1.02. The number of aryl methyl sites for hydroxylation is 1. The molecule has 3 aromatic heterocycles. The van der Waals surface area contributed by atoms with Crippen LogP contribution in [0.15, 0.2) is 51.9 Å². The van der Waals surface area contributed by atoms with E-state index in [0.29, 0.717) is 99.0 Å². The average molecular weight is 843 g/mol. The van der Waals surface area contributed by atoms with Gasteiger partial charge in [-0.2, -0.15) is 0 Å². The SMILES string of the molecule is COC(=O)N[C@H](C(=O)NCCCCc1ncc(-c2cc3oc4ccc(-c5cnc([C@@H]6CCCN6C(=O)[C@@H](NC(=O)OC)C6CCOCC6)[nH]5)cc4c(=O)c3cc2F)[nH]1)C(C)C. The van der Waals surface area contributed by atoms with Crippen LogP contribution in [0.4, 0.5) is 14.0 Å². The summed E-state index contributed by atoms with van der Waals surface area (Å²) in [5.41, 5.74) is 2.03. The minimum Gasteiger partial charge on any atom is -0.456 e. The van der Waals surface area contributed by atoms with Crippen molar-refractivity contribution < 1.29 is 42.2 Å². The van der Waals surface area contributed by atoms with Gasteiger partial charge in [-0.15, -0.1) is 0 Å². The number of alkyl carbamates (subject to hydrolysis) is 2. The Bertz CT molecular complexity index is 2460. The van der Waals surface area contributed by atoms with Crippen LogP contribution < -0.4 is 21.4 Å². The maximum absolute atomic E-state index is 15.7. The van der Waals surface area contributed by atoms with Crippen LogP contribution in [-0.4, -0.2) is 101 Å². The molecule has 0 radical (unpaired) electrons.